The van der Waals surface area contributed by atoms with Gasteiger partial charge in [0.1, 0.15) is 22.9 Å². The predicted molar refractivity (Wildman–Crippen MR) is 116 cm³/mol. The average Bonchev–Trinajstić information content (AvgIpc) is 2.75. The van der Waals surface area contributed by atoms with Crippen molar-refractivity contribution < 1.29 is 18.7 Å². The minimum atomic E-state index is -0.705. The van der Waals surface area contributed by atoms with Crippen LogP contribution >= 0.6 is 11.6 Å². The van der Waals surface area contributed by atoms with Gasteiger partial charge in [0.2, 0.25) is 0 Å². The molecule has 1 saturated heterocycles. The van der Waals surface area contributed by atoms with Crippen molar-refractivity contribution >= 4 is 23.3 Å². The third-order valence-corrected chi connectivity index (χ3v) is 5.77. The first-order chi connectivity index (χ1) is 14.8. The smallest absolute Gasteiger partial charge is 0.262 e. The Morgan fingerprint density at radius 2 is 2.13 bits per heavy atom. The van der Waals surface area contributed by atoms with E-state index < -0.39 is 17.0 Å². The van der Waals surface area contributed by atoms with Crippen molar-refractivity contribution in [2.75, 3.05) is 32.5 Å². The number of benzene rings is 1. The third kappa shape index (κ3) is 5.55. The van der Waals surface area contributed by atoms with Crippen LogP contribution in [0.15, 0.2) is 35.1 Å². The molecule has 0 radical (unpaired) electrons. The van der Waals surface area contributed by atoms with Crippen LogP contribution in [0.1, 0.15) is 29.6 Å². The van der Waals surface area contributed by atoms with Gasteiger partial charge in [0, 0.05) is 13.7 Å². The van der Waals surface area contributed by atoms with Crippen molar-refractivity contribution in [2.45, 2.75) is 30.9 Å². The Morgan fingerprint density at radius 3 is 2.84 bits per heavy atom. The fourth-order valence-corrected chi connectivity index (χ4v) is 3.95. The van der Waals surface area contributed by atoms with Crippen LogP contribution in [0.25, 0.3) is 0 Å². The highest BCUT2D eigenvalue weighted by Crippen LogP contribution is 2.28. The third-order valence-electron chi connectivity index (χ3n) is 5.46. The maximum Gasteiger partial charge on any atom is 0.262 e. The summed E-state index contributed by atoms with van der Waals surface area (Å²) in [5.74, 6) is -0.306. The van der Waals surface area contributed by atoms with E-state index in [0.717, 1.165) is 0 Å². The molecule has 2 heterocycles. The van der Waals surface area contributed by atoms with E-state index in [-0.39, 0.29) is 28.3 Å². The Hall–Kier alpha value is -2.62. The number of carbonyl (C=O) groups is 1. The topological polar surface area (TPSA) is 118 Å². The van der Waals surface area contributed by atoms with E-state index in [0.29, 0.717) is 44.7 Å². The number of aromatic nitrogens is 1. The zero-order valence-electron chi connectivity index (χ0n) is 17.2. The van der Waals surface area contributed by atoms with Crippen LogP contribution in [0, 0.1) is 5.82 Å². The van der Waals surface area contributed by atoms with Gasteiger partial charge in [-0.05, 0) is 56.1 Å². The van der Waals surface area contributed by atoms with Gasteiger partial charge in [-0.3, -0.25) is 9.59 Å². The number of H-pyrrole nitrogens is 1. The average molecular weight is 453 g/mol. The maximum atomic E-state index is 13.0. The summed E-state index contributed by atoms with van der Waals surface area (Å²) in [4.78, 5) is 27.6. The van der Waals surface area contributed by atoms with E-state index in [2.05, 4.69) is 15.6 Å². The van der Waals surface area contributed by atoms with Gasteiger partial charge in [0.05, 0.1) is 23.3 Å². The number of rotatable bonds is 8. The maximum absolute atomic E-state index is 13.0. The molecule has 0 aliphatic carbocycles. The lowest BCUT2D eigenvalue weighted by molar-refractivity contribution is -0.00734. The molecule has 1 fully saturated rings. The van der Waals surface area contributed by atoms with Gasteiger partial charge < -0.3 is 30.8 Å². The number of methoxy groups -OCH3 is 1. The van der Waals surface area contributed by atoms with Gasteiger partial charge in [-0.15, -0.1) is 0 Å². The molecule has 0 unspecified atom stereocenters. The predicted octanol–water partition coefficient (Wildman–Crippen LogP) is 2.09. The van der Waals surface area contributed by atoms with Crippen molar-refractivity contribution in [1.82, 2.24) is 15.6 Å². The summed E-state index contributed by atoms with van der Waals surface area (Å²) in [5, 5.41) is 6.37. The van der Waals surface area contributed by atoms with Gasteiger partial charge in [-0.2, -0.15) is 0 Å². The molecule has 3 rings (SSSR count). The summed E-state index contributed by atoms with van der Waals surface area (Å²) in [6, 6.07) is 7.05. The molecule has 1 aromatic heterocycles. The van der Waals surface area contributed by atoms with Gasteiger partial charge in [-0.1, -0.05) is 11.6 Å². The number of pyridine rings is 1. The molecular formula is C21H26ClFN4O4. The van der Waals surface area contributed by atoms with Crippen molar-refractivity contribution in [2.24, 2.45) is 0 Å². The number of hydrogen-bond donors (Lipinski definition) is 4. The molecule has 5 N–H and O–H groups in total. The van der Waals surface area contributed by atoms with E-state index in [1.807, 2.05) is 0 Å². The molecule has 1 aliphatic rings. The minimum Gasteiger partial charge on any atom is -0.494 e. The Morgan fingerprint density at radius 1 is 1.39 bits per heavy atom. The number of hydrogen-bond acceptors (Lipinski definition) is 6. The Labute approximate surface area is 184 Å². The van der Waals surface area contributed by atoms with E-state index in [4.69, 9.17) is 26.8 Å². The molecule has 168 valence electrons. The van der Waals surface area contributed by atoms with Gasteiger partial charge in [0.25, 0.3) is 11.5 Å². The largest absolute Gasteiger partial charge is 0.494 e. The second kappa shape index (κ2) is 10.1. The summed E-state index contributed by atoms with van der Waals surface area (Å²) < 4.78 is 24.4. The van der Waals surface area contributed by atoms with Crippen LogP contribution in [0.3, 0.4) is 0 Å². The number of carbonyl (C=O) groups excluding carboxylic acids is 1. The fourth-order valence-electron chi connectivity index (χ4n) is 3.79. The van der Waals surface area contributed by atoms with Crippen LogP contribution in [0.5, 0.6) is 5.75 Å². The number of aromatic amines is 1. The second-order valence-electron chi connectivity index (χ2n) is 7.47. The SMILES string of the molecule is CO[C@@H]1CNCC[C@]1(CCCOc1ccc(F)cc1)NC(=O)c1cc(Cl)c(N)[nH]c1=O. The van der Waals surface area contributed by atoms with Crippen molar-refractivity contribution in [3.05, 3.63) is 57.1 Å². The second-order valence-corrected chi connectivity index (χ2v) is 7.88. The molecule has 1 aliphatic heterocycles. The Balaban J connectivity index is 1.72. The molecule has 1 aromatic carbocycles. The molecule has 1 amide bonds. The van der Waals surface area contributed by atoms with Crippen LogP contribution in [0.4, 0.5) is 10.2 Å². The first kappa shape index (κ1) is 23.1. The molecule has 0 saturated carbocycles. The number of nitrogens with two attached hydrogens (primary N) is 1. The van der Waals surface area contributed by atoms with E-state index >= 15 is 0 Å². The number of amides is 1. The molecule has 8 nitrogen and oxygen atoms in total. The Bertz CT molecular complexity index is 969. The summed E-state index contributed by atoms with van der Waals surface area (Å²) in [6.45, 7) is 1.60. The van der Waals surface area contributed by atoms with Gasteiger partial charge >= 0.3 is 0 Å². The van der Waals surface area contributed by atoms with E-state index in [1.54, 1.807) is 19.2 Å². The number of nitrogens with one attached hydrogen (secondary N) is 3. The highest BCUT2D eigenvalue weighted by Gasteiger charge is 2.42. The lowest BCUT2D eigenvalue weighted by Gasteiger charge is -2.44. The lowest BCUT2D eigenvalue weighted by atomic mass is 9.81. The zero-order valence-corrected chi connectivity index (χ0v) is 17.9. The molecule has 0 spiro atoms. The first-order valence-corrected chi connectivity index (χ1v) is 10.3. The van der Waals surface area contributed by atoms with Crippen molar-refractivity contribution in [3.63, 3.8) is 0 Å². The van der Waals surface area contributed by atoms with Crippen LogP contribution < -0.4 is 26.7 Å². The van der Waals surface area contributed by atoms with Crippen LogP contribution in [-0.4, -0.2) is 49.3 Å². The van der Waals surface area contributed by atoms with Crippen molar-refractivity contribution in [3.8, 4) is 5.75 Å². The quantitative estimate of drug-likeness (QED) is 0.455. The standard InChI is InChI=1S/C21H26ClFN4O4/c1-30-17-12-25-9-8-21(17,7-2-10-31-14-5-3-13(23)4-6-14)27-20(29)15-11-16(22)18(24)26-19(15)28/h3-6,11,17,25H,2,7-10,12H2,1H3,(H,27,29)(H3,24,26,28)/t17-,21+/m1/s1. The summed E-state index contributed by atoms with van der Waals surface area (Å²) >= 11 is 5.98. The lowest BCUT2D eigenvalue weighted by Crippen LogP contribution is -2.64. The van der Waals surface area contributed by atoms with Crippen LogP contribution in [0.2, 0.25) is 5.02 Å². The first-order valence-electron chi connectivity index (χ1n) is 9.97. The van der Waals surface area contributed by atoms with Gasteiger partial charge in [-0.25, -0.2) is 4.39 Å². The van der Waals surface area contributed by atoms with Gasteiger partial charge in [0.15, 0.2) is 0 Å². The molecular weight excluding hydrogens is 427 g/mol. The summed E-state index contributed by atoms with van der Waals surface area (Å²) in [7, 11) is 1.58. The monoisotopic (exact) mass is 452 g/mol. The normalized spacial score (nSPS) is 20.9. The number of nitrogen functional groups attached to an aromatic ring is 1. The Kier molecular flexibility index (Phi) is 7.53. The fraction of sp³-hybridized carbons (Fsp3) is 0.429. The van der Waals surface area contributed by atoms with Crippen molar-refractivity contribution in [1.29, 1.82) is 0 Å². The number of anilines is 1. The number of piperidine rings is 1. The molecule has 31 heavy (non-hydrogen) atoms. The molecule has 10 heteroatoms. The molecule has 2 aromatic rings. The summed E-state index contributed by atoms with van der Waals surface area (Å²) in [5.41, 5.74) is 4.16. The van der Waals surface area contributed by atoms with Crippen LogP contribution in [-0.2, 0) is 4.74 Å². The molecule has 2 atom stereocenters. The zero-order chi connectivity index (χ0) is 22.4. The van der Waals surface area contributed by atoms with E-state index in [1.165, 1.54) is 18.2 Å². The highest BCUT2D eigenvalue weighted by molar-refractivity contribution is 6.33. The summed E-state index contributed by atoms with van der Waals surface area (Å²) in [6.07, 6.45) is 1.46. The minimum absolute atomic E-state index is 0.00695. The molecule has 0 bridgehead atoms. The van der Waals surface area contributed by atoms with E-state index in [9.17, 15) is 14.0 Å². The number of halogens is 2. The highest BCUT2D eigenvalue weighted by atomic mass is 35.5. The number of ether oxygens (including phenoxy) is 2.